The minimum Gasteiger partial charge on any atom is -0.492 e. The zero-order valence-electron chi connectivity index (χ0n) is 13.8. The van der Waals surface area contributed by atoms with E-state index in [2.05, 4.69) is 23.6 Å². The van der Waals surface area contributed by atoms with E-state index >= 15 is 0 Å². The highest BCUT2D eigenvalue weighted by atomic mass is 19.1. The van der Waals surface area contributed by atoms with Gasteiger partial charge in [0.1, 0.15) is 18.2 Å². The average molecular weight is 330 g/mol. The molecule has 0 radical (unpaired) electrons. The fraction of sp³-hybridized carbons (Fsp3) is 0.316. The van der Waals surface area contributed by atoms with Gasteiger partial charge in [-0.1, -0.05) is 31.2 Å². The first-order chi connectivity index (χ1) is 11.7. The number of urea groups is 1. The van der Waals surface area contributed by atoms with Crippen molar-refractivity contribution in [2.24, 2.45) is 0 Å². The van der Waals surface area contributed by atoms with Crippen molar-refractivity contribution in [1.82, 2.24) is 10.6 Å². The Morgan fingerprint density at radius 1 is 1.04 bits per heavy atom. The van der Waals surface area contributed by atoms with Crippen LogP contribution in [-0.2, 0) is 12.8 Å². The van der Waals surface area contributed by atoms with E-state index in [0.717, 1.165) is 17.7 Å². The maximum absolute atomic E-state index is 12.8. The molecule has 0 saturated carbocycles. The van der Waals surface area contributed by atoms with Crippen molar-refractivity contribution in [3.8, 4) is 5.75 Å². The molecule has 0 aliphatic rings. The van der Waals surface area contributed by atoms with Crippen molar-refractivity contribution in [2.45, 2.75) is 19.8 Å². The molecule has 2 amide bonds. The van der Waals surface area contributed by atoms with E-state index in [0.29, 0.717) is 26.1 Å². The second kappa shape index (κ2) is 9.55. The molecule has 2 N–H and O–H groups in total. The van der Waals surface area contributed by atoms with E-state index < -0.39 is 0 Å². The molecular weight excluding hydrogens is 307 g/mol. The monoisotopic (exact) mass is 330 g/mol. The number of nitrogens with one attached hydrogen (secondary N) is 2. The van der Waals surface area contributed by atoms with Gasteiger partial charge >= 0.3 is 6.03 Å². The fourth-order valence-electron chi connectivity index (χ4n) is 2.22. The van der Waals surface area contributed by atoms with Crippen LogP contribution < -0.4 is 15.4 Å². The molecule has 2 aromatic rings. The molecule has 0 atom stereocenters. The summed E-state index contributed by atoms with van der Waals surface area (Å²) < 4.78 is 18.4. The van der Waals surface area contributed by atoms with Crippen molar-refractivity contribution in [2.75, 3.05) is 19.7 Å². The van der Waals surface area contributed by atoms with Crippen LogP contribution in [0.3, 0.4) is 0 Å². The van der Waals surface area contributed by atoms with Gasteiger partial charge in [0, 0.05) is 6.54 Å². The van der Waals surface area contributed by atoms with Gasteiger partial charge in [-0.2, -0.15) is 0 Å². The molecule has 2 rings (SSSR count). The summed E-state index contributed by atoms with van der Waals surface area (Å²) in [6.07, 6.45) is 1.62. The lowest BCUT2D eigenvalue weighted by Gasteiger charge is -2.10. The van der Waals surface area contributed by atoms with Crippen molar-refractivity contribution in [3.63, 3.8) is 0 Å². The third-order valence-corrected chi connectivity index (χ3v) is 3.58. The van der Waals surface area contributed by atoms with Gasteiger partial charge in [-0.15, -0.1) is 0 Å². The smallest absolute Gasteiger partial charge is 0.314 e. The zero-order valence-corrected chi connectivity index (χ0v) is 13.8. The number of rotatable bonds is 8. The number of carbonyl (C=O) groups excluding carboxylic acids is 1. The van der Waals surface area contributed by atoms with Crippen LogP contribution in [0.15, 0.2) is 48.5 Å². The summed E-state index contributed by atoms with van der Waals surface area (Å²) in [4.78, 5) is 11.7. The maximum Gasteiger partial charge on any atom is 0.314 e. The summed E-state index contributed by atoms with van der Waals surface area (Å²) in [6.45, 7) is 3.44. The van der Waals surface area contributed by atoms with Crippen LogP contribution in [0.1, 0.15) is 18.1 Å². The molecule has 5 heteroatoms. The standard InChI is InChI=1S/C19H23FN2O2/c1-2-15-4-3-5-18(14-15)24-13-12-22-19(23)21-11-10-16-6-8-17(20)9-7-16/h3-9,14H,2,10-13H2,1H3,(H2,21,22,23). The predicted octanol–water partition coefficient (Wildman–Crippen LogP) is 3.31. The van der Waals surface area contributed by atoms with Gasteiger partial charge in [-0.05, 0) is 48.2 Å². The predicted molar refractivity (Wildman–Crippen MR) is 92.8 cm³/mol. The van der Waals surface area contributed by atoms with E-state index in [4.69, 9.17) is 4.74 Å². The number of halogens is 1. The van der Waals surface area contributed by atoms with Crippen LogP contribution in [0.2, 0.25) is 0 Å². The Hall–Kier alpha value is -2.56. The van der Waals surface area contributed by atoms with E-state index in [1.807, 2.05) is 18.2 Å². The van der Waals surface area contributed by atoms with Crippen molar-refractivity contribution in [1.29, 1.82) is 0 Å². The second-order valence-electron chi connectivity index (χ2n) is 5.41. The fourth-order valence-corrected chi connectivity index (χ4v) is 2.22. The number of aryl methyl sites for hydroxylation is 1. The van der Waals surface area contributed by atoms with Gasteiger partial charge < -0.3 is 15.4 Å². The summed E-state index contributed by atoms with van der Waals surface area (Å²) in [5.41, 5.74) is 2.20. The minimum atomic E-state index is -0.256. The lowest BCUT2D eigenvalue weighted by molar-refractivity contribution is 0.236. The molecule has 0 unspecified atom stereocenters. The molecule has 0 heterocycles. The molecule has 0 aromatic heterocycles. The topological polar surface area (TPSA) is 50.4 Å². The lowest BCUT2D eigenvalue weighted by atomic mass is 10.1. The molecule has 0 fully saturated rings. The Balaban J connectivity index is 1.58. The quantitative estimate of drug-likeness (QED) is 0.730. The largest absolute Gasteiger partial charge is 0.492 e. The van der Waals surface area contributed by atoms with Crippen molar-refractivity contribution in [3.05, 3.63) is 65.5 Å². The first kappa shape index (κ1) is 17.8. The van der Waals surface area contributed by atoms with Crippen molar-refractivity contribution >= 4 is 6.03 Å². The van der Waals surface area contributed by atoms with Gasteiger partial charge in [0.2, 0.25) is 0 Å². The highest BCUT2D eigenvalue weighted by molar-refractivity contribution is 5.73. The van der Waals surface area contributed by atoms with Crippen LogP contribution in [0.5, 0.6) is 5.75 Å². The van der Waals surface area contributed by atoms with Gasteiger partial charge in [-0.25, -0.2) is 9.18 Å². The third kappa shape index (κ3) is 6.28. The number of hydrogen-bond donors (Lipinski definition) is 2. The van der Waals surface area contributed by atoms with Crippen molar-refractivity contribution < 1.29 is 13.9 Å². The number of carbonyl (C=O) groups is 1. The number of benzene rings is 2. The maximum atomic E-state index is 12.8. The Kier molecular flexibility index (Phi) is 7.08. The molecule has 0 bridgehead atoms. The Morgan fingerprint density at radius 2 is 1.79 bits per heavy atom. The Morgan fingerprint density at radius 3 is 2.54 bits per heavy atom. The summed E-state index contributed by atoms with van der Waals surface area (Å²) in [6, 6.07) is 14.0. The van der Waals surface area contributed by atoms with E-state index in [9.17, 15) is 9.18 Å². The highest BCUT2D eigenvalue weighted by Gasteiger charge is 2.01. The molecule has 4 nitrogen and oxygen atoms in total. The van der Waals surface area contributed by atoms with Gasteiger partial charge in [0.05, 0.1) is 6.54 Å². The SMILES string of the molecule is CCc1cccc(OCCNC(=O)NCCc2ccc(F)cc2)c1. The molecule has 128 valence electrons. The van der Waals surface area contributed by atoms with Gasteiger partial charge in [0.15, 0.2) is 0 Å². The van der Waals surface area contributed by atoms with Crippen LogP contribution in [-0.4, -0.2) is 25.7 Å². The Labute approximate surface area is 142 Å². The van der Waals surface area contributed by atoms with E-state index in [-0.39, 0.29) is 11.8 Å². The number of hydrogen-bond acceptors (Lipinski definition) is 2. The van der Waals surface area contributed by atoms with Crippen LogP contribution >= 0.6 is 0 Å². The summed E-state index contributed by atoms with van der Waals surface area (Å²) in [5, 5.41) is 5.51. The summed E-state index contributed by atoms with van der Waals surface area (Å²) in [5.74, 6) is 0.557. The molecule has 0 saturated heterocycles. The van der Waals surface area contributed by atoms with Gasteiger partial charge in [-0.3, -0.25) is 0 Å². The second-order valence-corrected chi connectivity index (χ2v) is 5.41. The zero-order chi connectivity index (χ0) is 17.2. The average Bonchev–Trinajstić information content (AvgIpc) is 2.61. The third-order valence-electron chi connectivity index (χ3n) is 3.58. The first-order valence-corrected chi connectivity index (χ1v) is 8.15. The van der Waals surface area contributed by atoms with Crippen LogP contribution in [0.25, 0.3) is 0 Å². The summed E-state index contributed by atoms with van der Waals surface area (Å²) in [7, 11) is 0. The molecule has 0 aliphatic heterocycles. The number of amides is 2. The lowest BCUT2D eigenvalue weighted by Crippen LogP contribution is -2.38. The molecule has 2 aromatic carbocycles. The number of ether oxygens (including phenoxy) is 1. The Bertz CT molecular complexity index is 644. The van der Waals surface area contributed by atoms with Crippen LogP contribution in [0, 0.1) is 5.82 Å². The van der Waals surface area contributed by atoms with Crippen LogP contribution in [0.4, 0.5) is 9.18 Å². The molecule has 0 aliphatic carbocycles. The molecular formula is C19H23FN2O2. The van der Waals surface area contributed by atoms with Gasteiger partial charge in [0.25, 0.3) is 0 Å². The van der Waals surface area contributed by atoms with E-state index in [1.54, 1.807) is 12.1 Å². The normalized spacial score (nSPS) is 10.2. The first-order valence-electron chi connectivity index (χ1n) is 8.15. The summed E-state index contributed by atoms with van der Waals surface area (Å²) >= 11 is 0. The van der Waals surface area contributed by atoms with E-state index in [1.165, 1.54) is 17.7 Å². The highest BCUT2D eigenvalue weighted by Crippen LogP contribution is 2.13. The molecule has 0 spiro atoms. The minimum absolute atomic E-state index is 0.233. The molecule has 24 heavy (non-hydrogen) atoms.